The lowest BCUT2D eigenvalue weighted by molar-refractivity contribution is -0.352. The molecule has 21 heteroatoms. The zero-order chi connectivity index (χ0) is 37.3. The number of unbranched alkanes of at least 4 members (excludes halogenated alkanes) is 4. The van der Waals surface area contributed by atoms with Crippen molar-refractivity contribution in [2.24, 2.45) is 11.5 Å². The zero-order valence-corrected chi connectivity index (χ0v) is 28.9. The smallest absolute Gasteiger partial charge is 0.292 e. The van der Waals surface area contributed by atoms with Crippen LogP contribution in [0.2, 0.25) is 0 Å². The SMILES string of the molecule is CCCCCCCC(=O)N[C@H]1[C@H](OC2[C@@H](CO)O[C@@H](O)[C@H](N)[C@H]2OC(CC)S(=O)(=O)O)O[C@H](CO)C(O[C@@H]2O[C@H](CO)[C@@H](O)[C@H](O)[C@H]2N)[C@@H]1O. The third-order valence-corrected chi connectivity index (χ3v) is 10.2. The fraction of sp³-hybridized carbons (Fsp3) is 0.966. The molecule has 3 fully saturated rings. The molecule has 294 valence electrons. The Hall–Kier alpha value is -1.22. The van der Waals surface area contributed by atoms with Crippen LogP contribution in [0.15, 0.2) is 0 Å². The van der Waals surface area contributed by atoms with Crippen LogP contribution >= 0.6 is 0 Å². The summed E-state index contributed by atoms with van der Waals surface area (Å²) in [5.41, 5.74) is 10.3. The molecule has 0 aromatic rings. The molecule has 0 aromatic heterocycles. The average Bonchev–Trinajstić information content (AvgIpc) is 3.07. The summed E-state index contributed by atoms with van der Waals surface area (Å²) in [7, 11) is -4.81. The highest BCUT2D eigenvalue weighted by Crippen LogP contribution is 2.33. The summed E-state index contributed by atoms with van der Waals surface area (Å²) in [4.78, 5) is 13.2. The number of carbonyl (C=O) groups excluding carboxylic acids is 1. The van der Waals surface area contributed by atoms with E-state index in [9.17, 15) is 53.5 Å². The molecule has 0 aliphatic carbocycles. The van der Waals surface area contributed by atoms with Gasteiger partial charge in [-0.05, 0) is 12.8 Å². The van der Waals surface area contributed by atoms with Gasteiger partial charge in [0.25, 0.3) is 10.1 Å². The molecule has 3 aliphatic heterocycles. The van der Waals surface area contributed by atoms with Crippen molar-refractivity contribution in [2.75, 3.05) is 19.8 Å². The van der Waals surface area contributed by atoms with E-state index in [1.54, 1.807) is 0 Å². The number of ether oxygens (including phenoxy) is 6. The summed E-state index contributed by atoms with van der Waals surface area (Å²) < 4.78 is 68.2. The molecule has 16 atom stereocenters. The number of hydrogen-bond donors (Lipinski definition) is 11. The van der Waals surface area contributed by atoms with Crippen LogP contribution in [-0.4, -0.2) is 172 Å². The Labute approximate surface area is 290 Å². The molecule has 13 N–H and O–H groups in total. The first-order valence-electron chi connectivity index (χ1n) is 16.9. The number of hydrogen-bond acceptors (Lipinski definition) is 18. The summed E-state index contributed by atoms with van der Waals surface area (Å²) in [5, 5.41) is 75.4. The number of nitrogens with one attached hydrogen (secondary N) is 1. The predicted octanol–water partition coefficient (Wildman–Crippen LogP) is -4.51. The summed E-state index contributed by atoms with van der Waals surface area (Å²) in [6, 6.07) is -4.41. The molecule has 3 aliphatic rings. The van der Waals surface area contributed by atoms with E-state index in [1.165, 1.54) is 6.92 Å². The molecule has 3 unspecified atom stereocenters. The Bertz CT molecular complexity index is 1140. The van der Waals surface area contributed by atoms with Gasteiger partial charge in [-0.15, -0.1) is 0 Å². The van der Waals surface area contributed by atoms with Crippen LogP contribution in [0.1, 0.15) is 58.8 Å². The summed E-state index contributed by atoms with van der Waals surface area (Å²) in [6.07, 6.45) is -15.0. The van der Waals surface area contributed by atoms with Crippen molar-refractivity contribution in [1.29, 1.82) is 0 Å². The van der Waals surface area contributed by atoms with Gasteiger partial charge in [-0.1, -0.05) is 39.5 Å². The number of amides is 1. The minimum absolute atomic E-state index is 0.0363. The molecule has 0 aromatic carbocycles. The van der Waals surface area contributed by atoms with Crippen molar-refractivity contribution in [3.05, 3.63) is 0 Å². The van der Waals surface area contributed by atoms with Crippen molar-refractivity contribution in [1.82, 2.24) is 5.32 Å². The van der Waals surface area contributed by atoms with Crippen molar-refractivity contribution in [2.45, 2.75) is 156 Å². The standard InChI is InChI=1S/C29H55N3O17S/c1-3-5-6-7-8-9-16(36)32-20-23(39)24(48-28-18(30)22(38)21(37)13(10-33)45-28)14(11-34)46-29(20)49-25-15(12-35)44-27(40)19(31)26(25)47-17(4-2)50(41,42)43/h13-15,17-29,33-35,37-40H,3-12,30-31H2,1-2H3,(H,32,36)(H,41,42,43)/t13-,14-,15-,17?,18-,19-,20-,21-,22-,23-,24?,25?,26-,27-,28+,29+/m1/s1. The van der Waals surface area contributed by atoms with Crippen molar-refractivity contribution in [3.8, 4) is 0 Å². The predicted molar refractivity (Wildman–Crippen MR) is 169 cm³/mol. The largest absolute Gasteiger partial charge is 0.394 e. The molecule has 0 saturated carbocycles. The number of carbonyl (C=O) groups is 1. The molecule has 0 bridgehead atoms. The van der Waals surface area contributed by atoms with Crippen molar-refractivity contribution < 1.29 is 81.9 Å². The first kappa shape index (κ1) is 43.2. The van der Waals surface area contributed by atoms with Crippen LogP contribution in [0, 0.1) is 0 Å². The Morgan fingerprint density at radius 3 is 1.92 bits per heavy atom. The van der Waals surface area contributed by atoms with Gasteiger partial charge >= 0.3 is 0 Å². The fourth-order valence-corrected chi connectivity index (χ4v) is 6.85. The number of nitrogens with two attached hydrogens (primary N) is 2. The van der Waals surface area contributed by atoms with Gasteiger partial charge in [-0.25, -0.2) is 0 Å². The van der Waals surface area contributed by atoms with Crippen LogP contribution in [0.3, 0.4) is 0 Å². The van der Waals surface area contributed by atoms with Crippen LogP contribution in [-0.2, 0) is 43.3 Å². The molecule has 0 radical (unpaired) electrons. The Kier molecular flexibility index (Phi) is 17.0. The Morgan fingerprint density at radius 2 is 1.34 bits per heavy atom. The highest BCUT2D eigenvalue weighted by molar-refractivity contribution is 7.86. The lowest BCUT2D eigenvalue weighted by Gasteiger charge is -2.50. The van der Waals surface area contributed by atoms with Crippen molar-refractivity contribution in [3.63, 3.8) is 0 Å². The van der Waals surface area contributed by atoms with E-state index >= 15 is 0 Å². The van der Waals surface area contributed by atoms with E-state index < -0.39 is 133 Å². The third-order valence-electron chi connectivity index (χ3n) is 9.07. The normalized spacial score (nSPS) is 40.4. The molecule has 3 saturated heterocycles. The number of aliphatic hydroxyl groups excluding tert-OH is 7. The molecule has 3 heterocycles. The summed E-state index contributed by atoms with van der Waals surface area (Å²) in [5.74, 6) is -0.538. The molecular formula is C29H55N3O17S. The molecular weight excluding hydrogens is 694 g/mol. The first-order valence-corrected chi connectivity index (χ1v) is 18.4. The number of rotatable bonds is 18. The fourth-order valence-electron chi connectivity index (χ4n) is 6.16. The molecule has 20 nitrogen and oxygen atoms in total. The monoisotopic (exact) mass is 749 g/mol. The maximum Gasteiger partial charge on any atom is 0.292 e. The van der Waals surface area contributed by atoms with E-state index in [4.69, 9.17) is 39.9 Å². The first-order chi connectivity index (χ1) is 23.6. The van der Waals surface area contributed by atoms with Gasteiger partial charge in [0.05, 0.1) is 31.9 Å². The topological polar surface area (TPSA) is 332 Å². The minimum Gasteiger partial charge on any atom is -0.394 e. The third kappa shape index (κ3) is 10.7. The van der Waals surface area contributed by atoms with Crippen LogP contribution in [0.5, 0.6) is 0 Å². The Morgan fingerprint density at radius 1 is 0.760 bits per heavy atom. The van der Waals surface area contributed by atoms with Crippen LogP contribution < -0.4 is 16.8 Å². The van der Waals surface area contributed by atoms with E-state index in [1.807, 2.05) is 6.92 Å². The van der Waals surface area contributed by atoms with Gasteiger partial charge in [0.1, 0.15) is 61.0 Å². The quantitative estimate of drug-likeness (QED) is 0.0464. The van der Waals surface area contributed by atoms with Gasteiger partial charge in [0.15, 0.2) is 24.3 Å². The van der Waals surface area contributed by atoms with E-state index in [0.717, 1.165) is 25.7 Å². The lowest BCUT2D eigenvalue weighted by Crippen LogP contribution is -2.70. The summed E-state index contributed by atoms with van der Waals surface area (Å²) in [6.45, 7) is 1.05. The lowest BCUT2D eigenvalue weighted by atomic mass is 9.93. The number of aliphatic hydroxyl groups is 7. The maximum absolute atomic E-state index is 13.2. The molecule has 50 heavy (non-hydrogen) atoms. The van der Waals surface area contributed by atoms with Gasteiger partial charge in [0, 0.05) is 6.42 Å². The van der Waals surface area contributed by atoms with E-state index in [2.05, 4.69) is 5.32 Å². The Balaban J connectivity index is 1.95. The molecule has 1 amide bonds. The van der Waals surface area contributed by atoms with Gasteiger partial charge in [0.2, 0.25) is 5.91 Å². The van der Waals surface area contributed by atoms with Gasteiger partial charge < -0.3 is 81.0 Å². The highest BCUT2D eigenvalue weighted by Gasteiger charge is 2.54. The van der Waals surface area contributed by atoms with Crippen molar-refractivity contribution >= 4 is 16.0 Å². The van der Waals surface area contributed by atoms with Crippen LogP contribution in [0.4, 0.5) is 0 Å². The second kappa shape index (κ2) is 19.7. The second-order valence-corrected chi connectivity index (χ2v) is 14.3. The van der Waals surface area contributed by atoms with Crippen LogP contribution in [0.25, 0.3) is 0 Å². The van der Waals surface area contributed by atoms with E-state index in [0.29, 0.717) is 6.42 Å². The second-order valence-electron chi connectivity index (χ2n) is 12.7. The summed E-state index contributed by atoms with van der Waals surface area (Å²) >= 11 is 0. The molecule has 3 rings (SSSR count). The molecule has 0 spiro atoms. The van der Waals surface area contributed by atoms with E-state index in [-0.39, 0.29) is 12.8 Å². The highest BCUT2D eigenvalue weighted by atomic mass is 32.2. The van der Waals surface area contributed by atoms with Gasteiger partial charge in [-0.3, -0.25) is 9.35 Å². The zero-order valence-electron chi connectivity index (χ0n) is 28.1. The maximum atomic E-state index is 13.2. The minimum atomic E-state index is -4.81. The van der Waals surface area contributed by atoms with Gasteiger partial charge in [-0.2, -0.15) is 8.42 Å². The average molecular weight is 750 g/mol.